The standard InChI is InChI=1S/C40H36BN3O7/c1-22-11-14-27(15-12-22)42-44-37(47)32-21-31-29(16-17-30-34(31)38(48)43(36(30)46)28-10-6-9-26(20-28)41(50)51)35(24-13-18-33(45)23(2)19-24)40(32,39(44)49)25-7-4-3-5-8-25/h3-16,18-20,30-32,34-35,42,45,50-51H,17,21H2,1-2H3. The minimum atomic E-state index is -1.78. The highest BCUT2D eigenvalue weighted by molar-refractivity contribution is 6.58. The topological polar surface area (TPSA) is 147 Å². The third-order valence-electron chi connectivity index (χ3n) is 11.4. The molecule has 2 heterocycles. The molecular formula is C40H36BN3O7. The molecule has 0 spiro atoms. The summed E-state index contributed by atoms with van der Waals surface area (Å²) in [6.07, 6.45) is 2.38. The molecule has 11 heteroatoms. The summed E-state index contributed by atoms with van der Waals surface area (Å²) in [6.45, 7) is 3.73. The van der Waals surface area contributed by atoms with Crippen molar-refractivity contribution in [3.05, 3.63) is 131 Å². The Hall–Kier alpha value is -5.52. The number of phenols is 1. The summed E-state index contributed by atoms with van der Waals surface area (Å²) >= 11 is 0. The van der Waals surface area contributed by atoms with Crippen LogP contribution in [-0.4, -0.2) is 50.9 Å². The maximum atomic E-state index is 15.2. The van der Waals surface area contributed by atoms with E-state index in [-0.39, 0.29) is 29.7 Å². The number of hydrogen-bond donors (Lipinski definition) is 4. The quantitative estimate of drug-likeness (QED) is 0.136. The molecule has 4 N–H and O–H groups in total. The Morgan fingerprint density at radius 3 is 2.25 bits per heavy atom. The number of imide groups is 2. The van der Waals surface area contributed by atoms with Crippen LogP contribution in [0.4, 0.5) is 11.4 Å². The third-order valence-corrected chi connectivity index (χ3v) is 11.4. The minimum absolute atomic E-state index is 0.0908. The Kier molecular flexibility index (Phi) is 7.73. The number of fused-ring (bicyclic) bond motifs is 4. The second-order valence-electron chi connectivity index (χ2n) is 14.1. The summed E-state index contributed by atoms with van der Waals surface area (Å²) in [6, 6.07) is 28.0. The number of rotatable bonds is 6. The van der Waals surface area contributed by atoms with Crippen molar-refractivity contribution in [1.82, 2.24) is 5.01 Å². The molecule has 4 aromatic rings. The SMILES string of the molecule is Cc1ccc(NN2C(=O)C3CC4C(=CCC5C(=O)N(c6cccc(B(O)O)c6)C(=O)C54)C(c4ccc(O)c(C)c4)C3(c3ccccc3)C2=O)cc1. The van der Waals surface area contributed by atoms with Gasteiger partial charge in [-0.3, -0.25) is 29.5 Å². The molecule has 2 saturated heterocycles. The number of nitrogens with zero attached hydrogens (tertiary/aromatic N) is 2. The number of phenolic OH excluding ortho intramolecular Hbond substituents is 1. The highest BCUT2D eigenvalue weighted by Crippen LogP contribution is 2.64. The van der Waals surface area contributed by atoms with E-state index < -0.39 is 65.8 Å². The van der Waals surface area contributed by atoms with Gasteiger partial charge in [0.25, 0.3) is 11.8 Å². The predicted octanol–water partition coefficient (Wildman–Crippen LogP) is 3.88. The largest absolute Gasteiger partial charge is 0.508 e. The van der Waals surface area contributed by atoms with Gasteiger partial charge in [-0.05, 0) is 85.1 Å². The summed E-state index contributed by atoms with van der Waals surface area (Å²) in [5.74, 6) is -5.26. The van der Waals surface area contributed by atoms with Crippen molar-refractivity contribution in [2.45, 2.75) is 38.0 Å². The lowest BCUT2D eigenvalue weighted by molar-refractivity contribution is -0.138. The van der Waals surface area contributed by atoms with Crippen LogP contribution in [0.5, 0.6) is 5.75 Å². The van der Waals surface area contributed by atoms with Gasteiger partial charge in [0.05, 0.1) is 34.5 Å². The number of hydrazine groups is 1. The number of amides is 4. The number of nitrogens with one attached hydrogen (secondary N) is 1. The van der Waals surface area contributed by atoms with Crippen molar-refractivity contribution >= 4 is 47.6 Å². The summed E-state index contributed by atoms with van der Waals surface area (Å²) in [5, 5.41) is 31.3. The van der Waals surface area contributed by atoms with Crippen LogP contribution in [0, 0.1) is 37.5 Å². The van der Waals surface area contributed by atoms with Gasteiger partial charge in [-0.15, -0.1) is 0 Å². The van der Waals surface area contributed by atoms with E-state index >= 15 is 4.79 Å². The molecule has 4 amide bonds. The van der Waals surface area contributed by atoms with Crippen LogP contribution in [0.2, 0.25) is 0 Å². The number of allylic oxidation sites excluding steroid dienone is 2. The molecule has 6 unspecified atom stereocenters. The minimum Gasteiger partial charge on any atom is -0.508 e. The van der Waals surface area contributed by atoms with Crippen LogP contribution < -0.4 is 15.8 Å². The summed E-state index contributed by atoms with van der Waals surface area (Å²) in [4.78, 5) is 59.6. The first kappa shape index (κ1) is 32.7. The van der Waals surface area contributed by atoms with E-state index in [2.05, 4.69) is 5.43 Å². The van der Waals surface area contributed by atoms with E-state index in [9.17, 15) is 29.5 Å². The van der Waals surface area contributed by atoms with Crippen molar-refractivity contribution in [3.63, 3.8) is 0 Å². The van der Waals surface area contributed by atoms with Gasteiger partial charge in [0, 0.05) is 5.92 Å². The molecule has 2 aliphatic carbocycles. The molecule has 10 nitrogen and oxygen atoms in total. The van der Waals surface area contributed by atoms with Crippen LogP contribution in [-0.2, 0) is 24.6 Å². The zero-order valence-electron chi connectivity index (χ0n) is 28.1. The van der Waals surface area contributed by atoms with E-state index in [1.165, 1.54) is 12.1 Å². The first-order valence-electron chi connectivity index (χ1n) is 17.1. The van der Waals surface area contributed by atoms with Gasteiger partial charge in [-0.1, -0.05) is 83.9 Å². The lowest BCUT2D eigenvalue weighted by Crippen LogP contribution is -2.53. The van der Waals surface area contributed by atoms with Crippen LogP contribution in [0.25, 0.3) is 0 Å². The molecule has 0 bridgehead atoms. The Balaban J connectivity index is 1.30. The number of benzene rings is 4. The average molecular weight is 682 g/mol. The fourth-order valence-corrected chi connectivity index (χ4v) is 9.06. The Morgan fingerprint density at radius 2 is 1.55 bits per heavy atom. The molecule has 0 aromatic heterocycles. The molecule has 1 saturated carbocycles. The number of aryl methyl sites for hydroxylation is 2. The van der Waals surface area contributed by atoms with Crippen LogP contribution in [0.15, 0.2) is 109 Å². The molecule has 3 fully saturated rings. The molecule has 51 heavy (non-hydrogen) atoms. The number of anilines is 2. The van der Waals surface area contributed by atoms with Gasteiger partial charge in [-0.2, -0.15) is 5.01 Å². The highest BCUT2D eigenvalue weighted by atomic mass is 16.4. The van der Waals surface area contributed by atoms with Gasteiger partial charge in [0.15, 0.2) is 0 Å². The van der Waals surface area contributed by atoms with Gasteiger partial charge >= 0.3 is 7.12 Å². The smallest absolute Gasteiger partial charge is 0.488 e. The monoisotopic (exact) mass is 681 g/mol. The zero-order valence-corrected chi connectivity index (χ0v) is 28.1. The van der Waals surface area contributed by atoms with Crippen LogP contribution in [0.1, 0.15) is 41.0 Å². The molecule has 8 rings (SSSR count). The van der Waals surface area contributed by atoms with Crippen molar-refractivity contribution in [2.75, 3.05) is 10.3 Å². The molecule has 256 valence electrons. The van der Waals surface area contributed by atoms with Gasteiger partial charge in [-0.25, -0.2) is 0 Å². The van der Waals surface area contributed by atoms with E-state index in [1.54, 1.807) is 31.2 Å². The predicted molar refractivity (Wildman–Crippen MR) is 190 cm³/mol. The first-order chi connectivity index (χ1) is 24.5. The van der Waals surface area contributed by atoms with E-state index in [1.807, 2.05) is 73.7 Å². The lowest BCUT2D eigenvalue weighted by atomic mass is 9.49. The normalized spacial score (nSPS) is 26.8. The zero-order chi connectivity index (χ0) is 35.8. The first-order valence-corrected chi connectivity index (χ1v) is 17.1. The van der Waals surface area contributed by atoms with E-state index in [4.69, 9.17) is 0 Å². The summed E-state index contributed by atoms with van der Waals surface area (Å²) in [7, 11) is -1.78. The van der Waals surface area contributed by atoms with Crippen molar-refractivity contribution in [3.8, 4) is 5.75 Å². The van der Waals surface area contributed by atoms with E-state index in [0.29, 0.717) is 22.4 Å². The maximum Gasteiger partial charge on any atom is 0.488 e. The fraction of sp³-hybridized carbons (Fsp3) is 0.250. The van der Waals surface area contributed by atoms with Crippen molar-refractivity contribution < 1.29 is 34.3 Å². The Morgan fingerprint density at radius 1 is 0.804 bits per heavy atom. The number of carbonyl (C=O) groups is 4. The van der Waals surface area contributed by atoms with Gasteiger partial charge in [0.1, 0.15) is 5.75 Å². The van der Waals surface area contributed by atoms with E-state index in [0.717, 1.165) is 21.0 Å². The fourth-order valence-electron chi connectivity index (χ4n) is 9.06. The van der Waals surface area contributed by atoms with Crippen LogP contribution >= 0.6 is 0 Å². The molecule has 4 aliphatic rings. The molecular weight excluding hydrogens is 645 g/mol. The second kappa shape index (κ2) is 12.1. The van der Waals surface area contributed by atoms with Crippen molar-refractivity contribution in [2.24, 2.45) is 23.7 Å². The molecule has 0 radical (unpaired) electrons. The summed E-state index contributed by atoms with van der Waals surface area (Å²) in [5.41, 5.74) is 6.45. The molecule has 4 aromatic carbocycles. The molecule has 2 aliphatic heterocycles. The maximum absolute atomic E-state index is 15.2. The summed E-state index contributed by atoms with van der Waals surface area (Å²) < 4.78 is 0. The van der Waals surface area contributed by atoms with Crippen molar-refractivity contribution in [1.29, 1.82) is 0 Å². The number of aromatic hydroxyl groups is 1. The van der Waals surface area contributed by atoms with Gasteiger partial charge < -0.3 is 15.2 Å². The Bertz CT molecular complexity index is 2140. The highest BCUT2D eigenvalue weighted by Gasteiger charge is 2.70. The average Bonchev–Trinajstić information content (AvgIpc) is 3.51. The number of hydrogen-bond acceptors (Lipinski definition) is 8. The second-order valence-corrected chi connectivity index (χ2v) is 14.1. The Labute approximate surface area is 295 Å². The van der Waals surface area contributed by atoms with Crippen LogP contribution in [0.3, 0.4) is 0 Å². The number of carbonyl (C=O) groups excluding carboxylic acids is 4. The lowest BCUT2D eigenvalue weighted by Gasteiger charge is -2.50. The van der Waals surface area contributed by atoms with Gasteiger partial charge in [0.2, 0.25) is 11.8 Å². The third kappa shape index (κ3) is 4.86. The molecule has 6 atom stereocenters.